The van der Waals surface area contributed by atoms with Crippen LogP contribution in [0.4, 0.5) is 4.39 Å². The van der Waals surface area contributed by atoms with Gasteiger partial charge in [-0.25, -0.2) is 4.39 Å². The van der Waals surface area contributed by atoms with Crippen molar-refractivity contribution in [1.82, 2.24) is 10.6 Å². The van der Waals surface area contributed by atoms with E-state index in [9.17, 15) is 9.18 Å². The second-order valence-corrected chi connectivity index (χ2v) is 5.46. The molecule has 2 N–H and O–H groups in total. The first-order valence-corrected chi connectivity index (χ1v) is 7.45. The van der Waals surface area contributed by atoms with Crippen LogP contribution in [-0.2, 0) is 9.53 Å². The van der Waals surface area contributed by atoms with Crippen LogP contribution in [0.5, 0.6) is 0 Å². The molecule has 1 aromatic rings. The Hall–Kier alpha value is -1.17. The molecule has 1 unspecified atom stereocenters. The lowest BCUT2D eigenvalue weighted by molar-refractivity contribution is -0.121. The molecule has 0 saturated heterocycles. The van der Waals surface area contributed by atoms with Crippen molar-refractivity contribution in [3.05, 3.63) is 35.6 Å². The predicted octanol–water partition coefficient (Wildman–Crippen LogP) is 2.44. The summed E-state index contributed by atoms with van der Waals surface area (Å²) in [5, 5.41) is 6.10. The molecule has 1 aromatic carbocycles. The first-order valence-electron chi connectivity index (χ1n) is 7.45. The monoisotopic (exact) mass is 330 g/mol. The van der Waals surface area contributed by atoms with E-state index in [0.29, 0.717) is 19.1 Å². The zero-order valence-electron chi connectivity index (χ0n) is 12.8. The van der Waals surface area contributed by atoms with Crippen molar-refractivity contribution in [3.63, 3.8) is 0 Å². The molecular formula is C16H24ClFN2O2. The van der Waals surface area contributed by atoms with Crippen LogP contribution < -0.4 is 10.6 Å². The molecule has 1 aliphatic rings. The third kappa shape index (κ3) is 5.55. The summed E-state index contributed by atoms with van der Waals surface area (Å²) < 4.78 is 18.0. The SMILES string of the molecule is COCCNCC(=O)NC(c1ccc(F)cc1)C1CCC1.Cl. The molecule has 0 radical (unpaired) electrons. The number of hydrogen-bond acceptors (Lipinski definition) is 3. The highest BCUT2D eigenvalue weighted by atomic mass is 35.5. The molecule has 6 heteroatoms. The van der Waals surface area contributed by atoms with Crippen molar-refractivity contribution in [2.45, 2.75) is 25.3 Å². The molecule has 0 heterocycles. The van der Waals surface area contributed by atoms with Gasteiger partial charge in [-0.3, -0.25) is 4.79 Å². The lowest BCUT2D eigenvalue weighted by Gasteiger charge is -2.34. The van der Waals surface area contributed by atoms with E-state index in [1.54, 1.807) is 19.2 Å². The van der Waals surface area contributed by atoms with Crippen LogP contribution in [0.2, 0.25) is 0 Å². The second kappa shape index (κ2) is 9.77. The third-order valence-electron chi connectivity index (χ3n) is 3.94. The summed E-state index contributed by atoms with van der Waals surface area (Å²) in [5.41, 5.74) is 0.978. The molecule has 0 aliphatic heterocycles. The summed E-state index contributed by atoms with van der Waals surface area (Å²) >= 11 is 0. The molecule has 1 atom stereocenters. The Bertz CT molecular complexity index is 452. The van der Waals surface area contributed by atoms with Crippen molar-refractivity contribution in [2.75, 3.05) is 26.8 Å². The highest BCUT2D eigenvalue weighted by Crippen LogP contribution is 2.37. The fraction of sp³-hybridized carbons (Fsp3) is 0.562. The van der Waals surface area contributed by atoms with Gasteiger partial charge in [0.25, 0.3) is 0 Å². The molecular weight excluding hydrogens is 307 g/mol. The predicted molar refractivity (Wildman–Crippen MR) is 86.6 cm³/mol. The number of hydrogen-bond donors (Lipinski definition) is 2. The van der Waals surface area contributed by atoms with Crippen LogP contribution in [0.1, 0.15) is 30.9 Å². The van der Waals surface area contributed by atoms with Crippen molar-refractivity contribution in [1.29, 1.82) is 0 Å². The van der Waals surface area contributed by atoms with E-state index < -0.39 is 0 Å². The first kappa shape index (κ1) is 18.9. The lowest BCUT2D eigenvalue weighted by Crippen LogP contribution is -2.41. The second-order valence-electron chi connectivity index (χ2n) is 5.46. The van der Waals surface area contributed by atoms with E-state index >= 15 is 0 Å². The van der Waals surface area contributed by atoms with Gasteiger partial charge in [-0.15, -0.1) is 12.4 Å². The minimum absolute atomic E-state index is 0. The smallest absolute Gasteiger partial charge is 0.234 e. The number of methoxy groups -OCH3 is 1. The number of benzene rings is 1. The summed E-state index contributed by atoms with van der Waals surface area (Å²) in [7, 11) is 1.63. The summed E-state index contributed by atoms with van der Waals surface area (Å²) in [5.74, 6) is 0.171. The Morgan fingerprint density at radius 1 is 1.36 bits per heavy atom. The van der Waals surface area contributed by atoms with Gasteiger partial charge in [0.1, 0.15) is 5.82 Å². The van der Waals surface area contributed by atoms with Gasteiger partial charge in [-0.2, -0.15) is 0 Å². The zero-order chi connectivity index (χ0) is 15.1. The first-order chi connectivity index (χ1) is 10.2. The van der Waals surface area contributed by atoms with Crippen LogP contribution in [0.25, 0.3) is 0 Å². The quantitative estimate of drug-likeness (QED) is 0.720. The van der Waals surface area contributed by atoms with Gasteiger partial charge in [0.05, 0.1) is 19.2 Å². The molecule has 1 fully saturated rings. The van der Waals surface area contributed by atoms with Crippen LogP contribution in [0, 0.1) is 11.7 Å². The van der Waals surface area contributed by atoms with Crippen LogP contribution in [0.3, 0.4) is 0 Å². The molecule has 124 valence electrons. The normalized spacial score (nSPS) is 15.5. The fourth-order valence-corrected chi connectivity index (χ4v) is 2.52. The average Bonchev–Trinajstić information content (AvgIpc) is 2.42. The summed E-state index contributed by atoms with van der Waals surface area (Å²) in [6.07, 6.45) is 3.42. The van der Waals surface area contributed by atoms with Crippen molar-refractivity contribution < 1.29 is 13.9 Å². The molecule has 4 nitrogen and oxygen atoms in total. The summed E-state index contributed by atoms with van der Waals surface area (Å²) in [6.45, 7) is 1.50. The molecule has 0 aromatic heterocycles. The number of rotatable bonds is 8. The van der Waals surface area contributed by atoms with Gasteiger partial charge in [0.15, 0.2) is 0 Å². The summed E-state index contributed by atoms with van der Waals surface area (Å²) in [4.78, 5) is 12.0. The Balaban J connectivity index is 0.00000242. The maximum absolute atomic E-state index is 13.0. The number of amides is 1. The number of ether oxygens (including phenoxy) is 1. The molecule has 1 amide bonds. The van der Waals surface area contributed by atoms with Crippen LogP contribution in [-0.4, -0.2) is 32.7 Å². The Morgan fingerprint density at radius 3 is 2.59 bits per heavy atom. The topological polar surface area (TPSA) is 50.4 Å². The van der Waals surface area contributed by atoms with Gasteiger partial charge in [0.2, 0.25) is 5.91 Å². The molecule has 0 bridgehead atoms. The number of halogens is 2. The van der Waals surface area contributed by atoms with Gasteiger partial charge in [0, 0.05) is 13.7 Å². The molecule has 0 spiro atoms. The van der Waals surface area contributed by atoms with E-state index in [2.05, 4.69) is 10.6 Å². The third-order valence-corrected chi connectivity index (χ3v) is 3.94. The zero-order valence-corrected chi connectivity index (χ0v) is 13.6. The molecule has 2 rings (SSSR count). The average molecular weight is 331 g/mol. The highest BCUT2D eigenvalue weighted by Gasteiger charge is 2.29. The van der Waals surface area contributed by atoms with Crippen molar-refractivity contribution in [2.24, 2.45) is 5.92 Å². The van der Waals surface area contributed by atoms with Gasteiger partial charge >= 0.3 is 0 Å². The van der Waals surface area contributed by atoms with Crippen LogP contribution in [0.15, 0.2) is 24.3 Å². The van der Waals surface area contributed by atoms with Gasteiger partial charge < -0.3 is 15.4 Å². The van der Waals surface area contributed by atoms with Gasteiger partial charge in [-0.1, -0.05) is 18.6 Å². The Kier molecular flexibility index (Phi) is 8.38. The summed E-state index contributed by atoms with van der Waals surface area (Å²) in [6, 6.07) is 6.40. The van der Waals surface area contributed by atoms with E-state index in [0.717, 1.165) is 18.4 Å². The van der Waals surface area contributed by atoms with Crippen molar-refractivity contribution in [3.8, 4) is 0 Å². The van der Waals surface area contributed by atoms with E-state index in [1.807, 2.05) is 0 Å². The number of carbonyl (C=O) groups excluding carboxylic acids is 1. The van der Waals surface area contributed by atoms with Crippen molar-refractivity contribution >= 4 is 18.3 Å². The molecule has 1 saturated carbocycles. The van der Waals surface area contributed by atoms with E-state index in [1.165, 1.54) is 18.6 Å². The van der Waals surface area contributed by atoms with Gasteiger partial charge in [-0.05, 0) is 36.5 Å². The standard InChI is InChI=1S/C16H23FN2O2.ClH/c1-21-10-9-18-11-15(20)19-16(12-3-2-4-12)13-5-7-14(17)8-6-13;/h5-8,12,16,18H,2-4,9-11H2,1H3,(H,19,20);1H. The minimum atomic E-state index is -0.251. The fourth-order valence-electron chi connectivity index (χ4n) is 2.52. The Morgan fingerprint density at radius 2 is 2.05 bits per heavy atom. The van der Waals surface area contributed by atoms with Crippen LogP contribution >= 0.6 is 12.4 Å². The molecule has 1 aliphatic carbocycles. The minimum Gasteiger partial charge on any atom is -0.383 e. The number of nitrogens with one attached hydrogen (secondary N) is 2. The number of carbonyl (C=O) groups is 1. The maximum Gasteiger partial charge on any atom is 0.234 e. The van der Waals surface area contributed by atoms with E-state index in [4.69, 9.17) is 4.74 Å². The lowest BCUT2D eigenvalue weighted by atomic mass is 9.77. The molecule has 22 heavy (non-hydrogen) atoms. The maximum atomic E-state index is 13.0. The largest absolute Gasteiger partial charge is 0.383 e. The highest BCUT2D eigenvalue weighted by molar-refractivity contribution is 5.85. The Labute approximate surface area is 137 Å². The van der Waals surface area contributed by atoms with E-state index in [-0.39, 0.29) is 36.7 Å².